The molecule has 0 unspecified atom stereocenters. The van der Waals surface area contributed by atoms with Crippen molar-refractivity contribution in [3.8, 4) is 23.0 Å². The van der Waals surface area contributed by atoms with E-state index in [9.17, 15) is 9.59 Å². The Morgan fingerprint density at radius 3 is 1.30 bits per heavy atom. The molecule has 8 heteroatoms. The van der Waals surface area contributed by atoms with Crippen LogP contribution in [-0.2, 0) is 19.1 Å². The van der Waals surface area contributed by atoms with Crippen LogP contribution in [0.5, 0.6) is 23.0 Å². The third-order valence-electron chi connectivity index (χ3n) is 5.54. The Bertz CT molecular complexity index is 906. The normalized spacial score (nSPS) is 24.7. The van der Waals surface area contributed by atoms with Crippen molar-refractivity contribution in [2.75, 3.05) is 28.4 Å². The first-order chi connectivity index (χ1) is 14.5. The minimum Gasteiger partial charge on any atom is -0.493 e. The van der Waals surface area contributed by atoms with Crippen LogP contribution in [0, 0.1) is 11.8 Å². The van der Waals surface area contributed by atoms with Crippen LogP contribution in [0.4, 0.5) is 0 Å². The molecule has 4 atom stereocenters. The fourth-order valence-electron chi connectivity index (χ4n) is 4.08. The van der Waals surface area contributed by atoms with Crippen molar-refractivity contribution in [2.45, 2.75) is 12.2 Å². The standard InChI is InChI=1S/C22H22O8/c1-25-13-7-5-11(9-15(13)27-3)19-17-18(22(24)29-19)20(30-21(17)23)12-6-8-14(26-2)16(10-12)28-4/h5-10,17-20H,1-4H3/t17-,18+,19-,20-/m0/s1. The molecular formula is C22H22O8. The molecule has 0 aromatic heterocycles. The summed E-state index contributed by atoms with van der Waals surface area (Å²) in [5, 5.41) is 0. The number of carbonyl (C=O) groups excluding carboxylic acids is 2. The van der Waals surface area contributed by atoms with Gasteiger partial charge in [0.15, 0.2) is 23.0 Å². The first-order valence-electron chi connectivity index (χ1n) is 9.37. The molecule has 0 N–H and O–H groups in total. The molecular weight excluding hydrogens is 392 g/mol. The van der Waals surface area contributed by atoms with Crippen LogP contribution in [0.25, 0.3) is 0 Å². The van der Waals surface area contributed by atoms with E-state index in [2.05, 4.69) is 0 Å². The molecule has 0 radical (unpaired) electrons. The number of hydrogen-bond donors (Lipinski definition) is 0. The molecule has 2 fully saturated rings. The third-order valence-corrected chi connectivity index (χ3v) is 5.54. The highest BCUT2D eigenvalue weighted by Gasteiger charge is 2.60. The lowest BCUT2D eigenvalue weighted by Gasteiger charge is -2.17. The minimum absolute atomic E-state index is 0.481. The molecule has 0 amide bonds. The molecule has 30 heavy (non-hydrogen) atoms. The van der Waals surface area contributed by atoms with Gasteiger partial charge in [-0.3, -0.25) is 9.59 Å². The van der Waals surface area contributed by atoms with Crippen molar-refractivity contribution in [3.63, 3.8) is 0 Å². The minimum atomic E-state index is -0.764. The van der Waals surface area contributed by atoms with Gasteiger partial charge in [-0.1, -0.05) is 12.1 Å². The van der Waals surface area contributed by atoms with Gasteiger partial charge in [0.25, 0.3) is 0 Å². The number of hydrogen-bond acceptors (Lipinski definition) is 8. The highest BCUT2D eigenvalue weighted by atomic mass is 16.6. The quantitative estimate of drug-likeness (QED) is 0.667. The topological polar surface area (TPSA) is 89.5 Å². The van der Waals surface area contributed by atoms with Crippen LogP contribution >= 0.6 is 0 Å². The summed E-state index contributed by atoms with van der Waals surface area (Å²) in [7, 11) is 6.10. The molecule has 0 saturated carbocycles. The SMILES string of the molecule is COc1ccc([C@@H]2OC(=O)[C@H]3[C@H]2C(=O)O[C@H]3c2ccc(OC)c(OC)c2)cc1OC. The Morgan fingerprint density at radius 1 is 0.600 bits per heavy atom. The Labute approximate surface area is 173 Å². The summed E-state index contributed by atoms with van der Waals surface area (Å²) >= 11 is 0. The van der Waals surface area contributed by atoms with Crippen LogP contribution < -0.4 is 18.9 Å². The first kappa shape index (κ1) is 19.9. The summed E-state index contributed by atoms with van der Waals surface area (Å²) in [6.45, 7) is 0. The fourth-order valence-corrected chi connectivity index (χ4v) is 4.08. The van der Waals surface area contributed by atoms with Crippen molar-refractivity contribution in [1.82, 2.24) is 0 Å². The van der Waals surface area contributed by atoms with E-state index in [0.29, 0.717) is 34.1 Å². The van der Waals surface area contributed by atoms with Gasteiger partial charge in [-0.2, -0.15) is 0 Å². The number of methoxy groups -OCH3 is 4. The second-order valence-electron chi connectivity index (χ2n) is 7.00. The zero-order valence-electron chi connectivity index (χ0n) is 17.0. The van der Waals surface area contributed by atoms with Gasteiger partial charge in [-0.15, -0.1) is 0 Å². The summed E-state index contributed by atoms with van der Waals surface area (Å²) < 4.78 is 32.4. The zero-order chi connectivity index (χ0) is 21.4. The fraction of sp³-hybridized carbons (Fsp3) is 0.364. The third kappa shape index (κ3) is 3.08. The van der Waals surface area contributed by atoms with Crippen LogP contribution in [0.3, 0.4) is 0 Å². The molecule has 2 aromatic rings. The lowest BCUT2D eigenvalue weighted by atomic mass is 9.84. The summed E-state index contributed by atoms with van der Waals surface area (Å²) in [6, 6.07) is 10.3. The molecule has 2 aromatic carbocycles. The summed E-state index contributed by atoms with van der Waals surface area (Å²) in [6.07, 6.45) is -1.53. The molecule has 2 aliphatic rings. The average molecular weight is 414 g/mol. The van der Waals surface area contributed by atoms with Gasteiger partial charge in [0.05, 0.1) is 28.4 Å². The lowest BCUT2D eigenvalue weighted by Crippen LogP contribution is -2.19. The highest BCUT2D eigenvalue weighted by Crippen LogP contribution is 2.52. The Balaban J connectivity index is 1.68. The van der Waals surface area contributed by atoms with Crippen LogP contribution in [-0.4, -0.2) is 40.4 Å². The number of rotatable bonds is 6. The van der Waals surface area contributed by atoms with Crippen LogP contribution in [0.1, 0.15) is 23.3 Å². The van der Waals surface area contributed by atoms with Crippen molar-refractivity contribution >= 4 is 11.9 Å². The molecule has 0 aliphatic carbocycles. The van der Waals surface area contributed by atoms with E-state index in [1.807, 2.05) is 0 Å². The summed E-state index contributed by atoms with van der Waals surface area (Å²) in [4.78, 5) is 25.5. The number of ether oxygens (including phenoxy) is 6. The second-order valence-corrected chi connectivity index (χ2v) is 7.00. The second kappa shape index (κ2) is 7.78. The Morgan fingerprint density at radius 2 is 0.967 bits per heavy atom. The van der Waals surface area contributed by atoms with E-state index < -0.39 is 36.0 Å². The van der Waals surface area contributed by atoms with Crippen molar-refractivity contribution in [1.29, 1.82) is 0 Å². The van der Waals surface area contributed by atoms with Gasteiger partial charge >= 0.3 is 11.9 Å². The molecule has 8 nitrogen and oxygen atoms in total. The molecule has 2 saturated heterocycles. The molecule has 2 aliphatic heterocycles. The van der Waals surface area contributed by atoms with Gasteiger partial charge in [-0.05, 0) is 35.4 Å². The monoisotopic (exact) mass is 414 g/mol. The van der Waals surface area contributed by atoms with E-state index in [4.69, 9.17) is 28.4 Å². The summed E-state index contributed by atoms with van der Waals surface area (Å²) in [5.74, 6) is -0.425. The number of fused-ring (bicyclic) bond motifs is 1. The maximum atomic E-state index is 12.8. The molecule has 2 heterocycles. The van der Waals surface area contributed by atoms with Gasteiger partial charge in [-0.25, -0.2) is 0 Å². The van der Waals surface area contributed by atoms with Crippen molar-refractivity contribution < 1.29 is 38.0 Å². The summed E-state index contributed by atoms with van der Waals surface area (Å²) in [5.41, 5.74) is 1.27. The van der Waals surface area contributed by atoms with E-state index in [1.165, 1.54) is 28.4 Å². The molecule has 0 bridgehead atoms. The number of benzene rings is 2. The van der Waals surface area contributed by atoms with E-state index in [1.54, 1.807) is 36.4 Å². The molecule has 0 spiro atoms. The highest BCUT2D eigenvalue weighted by molar-refractivity contribution is 5.89. The maximum Gasteiger partial charge on any atom is 0.314 e. The Hall–Kier alpha value is -3.42. The van der Waals surface area contributed by atoms with Crippen LogP contribution in [0.15, 0.2) is 36.4 Å². The van der Waals surface area contributed by atoms with E-state index >= 15 is 0 Å². The van der Waals surface area contributed by atoms with Gasteiger partial charge < -0.3 is 28.4 Å². The largest absolute Gasteiger partial charge is 0.493 e. The first-order valence-corrected chi connectivity index (χ1v) is 9.37. The smallest absolute Gasteiger partial charge is 0.314 e. The van der Waals surface area contributed by atoms with Crippen molar-refractivity contribution in [2.24, 2.45) is 11.8 Å². The van der Waals surface area contributed by atoms with E-state index in [0.717, 1.165) is 0 Å². The maximum absolute atomic E-state index is 12.8. The van der Waals surface area contributed by atoms with Crippen molar-refractivity contribution in [3.05, 3.63) is 47.5 Å². The zero-order valence-corrected chi connectivity index (χ0v) is 17.0. The van der Waals surface area contributed by atoms with E-state index in [-0.39, 0.29) is 0 Å². The van der Waals surface area contributed by atoms with Gasteiger partial charge in [0.2, 0.25) is 0 Å². The average Bonchev–Trinajstić information content (AvgIpc) is 3.30. The van der Waals surface area contributed by atoms with Crippen LogP contribution in [0.2, 0.25) is 0 Å². The predicted octanol–water partition coefficient (Wildman–Crippen LogP) is 2.85. The lowest BCUT2D eigenvalue weighted by molar-refractivity contribution is -0.154. The van der Waals surface area contributed by atoms with Gasteiger partial charge in [0, 0.05) is 0 Å². The predicted molar refractivity (Wildman–Crippen MR) is 104 cm³/mol. The molecule has 4 rings (SSSR count). The van der Waals surface area contributed by atoms with Gasteiger partial charge in [0.1, 0.15) is 24.0 Å². The number of cyclic esters (lactones) is 2. The Kier molecular flexibility index (Phi) is 5.15. The number of esters is 2. The molecule has 158 valence electrons. The number of carbonyl (C=O) groups is 2.